The van der Waals surface area contributed by atoms with Crippen LogP contribution in [0.4, 0.5) is 10.1 Å². The molecule has 3 N–H and O–H groups in total. The highest BCUT2D eigenvalue weighted by molar-refractivity contribution is 6.09. The van der Waals surface area contributed by atoms with Gasteiger partial charge in [0.05, 0.1) is 12.6 Å². The highest BCUT2D eigenvalue weighted by atomic mass is 19.1. The first kappa shape index (κ1) is 21.4. The second-order valence-corrected chi connectivity index (χ2v) is 7.02. The average molecular weight is 412 g/mol. The molecule has 1 unspecified atom stereocenters. The molecule has 158 valence electrons. The molecule has 2 aromatic carbocycles. The van der Waals surface area contributed by atoms with Crippen molar-refractivity contribution in [1.29, 1.82) is 0 Å². The number of nitrogens with zero attached hydrogens (tertiary/aromatic N) is 1. The van der Waals surface area contributed by atoms with E-state index in [1.165, 1.54) is 19.1 Å². The fourth-order valence-electron chi connectivity index (χ4n) is 2.94. The zero-order chi connectivity index (χ0) is 21.3. The van der Waals surface area contributed by atoms with Crippen molar-refractivity contribution in [2.24, 2.45) is 4.99 Å². The minimum absolute atomic E-state index is 0.0278. The first-order valence-corrected chi connectivity index (χ1v) is 9.83. The maximum atomic E-state index is 13.2. The van der Waals surface area contributed by atoms with Crippen LogP contribution in [0.15, 0.2) is 53.5 Å². The van der Waals surface area contributed by atoms with E-state index in [-0.39, 0.29) is 29.7 Å². The molecule has 0 saturated carbocycles. The van der Waals surface area contributed by atoms with Crippen LogP contribution in [0.3, 0.4) is 0 Å². The number of hydrogen-bond acceptors (Lipinski definition) is 4. The van der Waals surface area contributed by atoms with Crippen molar-refractivity contribution < 1.29 is 18.7 Å². The smallest absolute Gasteiger partial charge is 0.257 e. The normalized spacial score (nSPS) is 16.2. The number of hydrogen-bond donors (Lipinski definition) is 3. The van der Waals surface area contributed by atoms with Crippen LogP contribution in [0.5, 0.6) is 0 Å². The summed E-state index contributed by atoms with van der Waals surface area (Å²) in [7, 11) is 0. The molecule has 7 nitrogen and oxygen atoms in total. The number of carbonyl (C=O) groups excluding carboxylic acids is 2. The van der Waals surface area contributed by atoms with Crippen LogP contribution in [0.2, 0.25) is 0 Å². The summed E-state index contributed by atoms with van der Waals surface area (Å²) in [4.78, 5) is 28.2. The van der Waals surface area contributed by atoms with Crippen LogP contribution in [0.1, 0.15) is 35.7 Å². The van der Waals surface area contributed by atoms with E-state index in [0.717, 1.165) is 25.0 Å². The summed E-state index contributed by atoms with van der Waals surface area (Å²) in [6.07, 6.45) is 1.95. The number of ether oxygens (including phenoxy) is 1. The number of amides is 2. The van der Waals surface area contributed by atoms with Crippen LogP contribution in [0, 0.1) is 5.82 Å². The lowest BCUT2D eigenvalue weighted by atomic mass is 10.1. The molecule has 1 aliphatic heterocycles. The number of benzene rings is 2. The first-order chi connectivity index (χ1) is 14.5. The fourth-order valence-corrected chi connectivity index (χ4v) is 2.94. The molecule has 30 heavy (non-hydrogen) atoms. The SMILES string of the molecule is CC(=O)NCc1ccc(C(=O)NC(=NCC2CCCO2)Nc2ccc(F)cc2)cc1. The van der Waals surface area contributed by atoms with Gasteiger partial charge in [-0.05, 0) is 54.8 Å². The van der Waals surface area contributed by atoms with E-state index in [9.17, 15) is 14.0 Å². The molecule has 1 fully saturated rings. The molecule has 0 spiro atoms. The second kappa shape index (κ2) is 10.5. The predicted octanol–water partition coefficient (Wildman–Crippen LogP) is 2.84. The summed E-state index contributed by atoms with van der Waals surface area (Å²) in [5, 5.41) is 8.50. The average Bonchev–Trinajstić information content (AvgIpc) is 3.26. The Kier molecular flexibility index (Phi) is 7.51. The van der Waals surface area contributed by atoms with Gasteiger partial charge < -0.3 is 15.4 Å². The molecular weight excluding hydrogens is 387 g/mol. The van der Waals surface area contributed by atoms with Crippen molar-refractivity contribution >= 4 is 23.5 Å². The van der Waals surface area contributed by atoms with Crippen molar-refractivity contribution in [3.63, 3.8) is 0 Å². The van der Waals surface area contributed by atoms with Crippen LogP contribution in [-0.2, 0) is 16.1 Å². The molecule has 0 radical (unpaired) electrons. The maximum Gasteiger partial charge on any atom is 0.257 e. The fraction of sp³-hybridized carbons (Fsp3) is 0.318. The molecule has 1 atom stereocenters. The van der Waals surface area contributed by atoms with E-state index >= 15 is 0 Å². The molecule has 1 aliphatic rings. The highest BCUT2D eigenvalue weighted by Crippen LogP contribution is 2.13. The van der Waals surface area contributed by atoms with Crippen molar-refractivity contribution in [1.82, 2.24) is 10.6 Å². The van der Waals surface area contributed by atoms with Gasteiger partial charge in [-0.25, -0.2) is 9.38 Å². The monoisotopic (exact) mass is 412 g/mol. The van der Waals surface area contributed by atoms with E-state index in [1.807, 2.05) is 0 Å². The molecule has 2 amide bonds. The van der Waals surface area contributed by atoms with Crippen LogP contribution >= 0.6 is 0 Å². The van der Waals surface area contributed by atoms with Gasteiger partial charge in [0, 0.05) is 31.3 Å². The maximum absolute atomic E-state index is 13.2. The van der Waals surface area contributed by atoms with E-state index in [0.29, 0.717) is 24.3 Å². The number of guanidine groups is 1. The number of carbonyl (C=O) groups is 2. The number of halogens is 1. The molecule has 3 rings (SSSR count). The molecule has 0 aromatic heterocycles. The molecule has 1 saturated heterocycles. The number of rotatable bonds is 6. The molecule has 0 bridgehead atoms. The van der Waals surface area contributed by atoms with E-state index in [1.54, 1.807) is 36.4 Å². The summed E-state index contributed by atoms with van der Waals surface area (Å²) in [6.45, 7) is 2.99. The summed E-state index contributed by atoms with van der Waals surface area (Å²) in [6, 6.07) is 12.7. The Hall–Kier alpha value is -3.26. The van der Waals surface area contributed by atoms with E-state index < -0.39 is 0 Å². The standard InChI is InChI=1S/C22H25FN4O3/c1-15(28)24-13-16-4-6-17(7-5-16)21(29)27-22(25-14-20-3-2-12-30-20)26-19-10-8-18(23)9-11-19/h4-11,20H,2-3,12-14H2,1H3,(H,24,28)(H2,25,26,27,29). The summed E-state index contributed by atoms with van der Waals surface area (Å²) < 4.78 is 18.8. The lowest BCUT2D eigenvalue weighted by Gasteiger charge is -2.13. The minimum atomic E-state index is -0.346. The lowest BCUT2D eigenvalue weighted by Crippen LogP contribution is -2.36. The molecule has 1 heterocycles. The number of aliphatic imine (C=N–C) groups is 1. The van der Waals surface area contributed by atoms with Crippen molar-refractivity contribution in [3.8, 4) is 0 Å². The third-order valence-electron chi connectivity index (χ3n) is 4.57. The Bertz CT molecular complexity index is 892. The van der Waals surface area contributed by atoms with Gasteiger partial charge in [0.2, 0.25) is 11.9 Å². The van der Waals surface area contributed by atoms with Gasteiger partial charge in [-0.3, -0.25) is 14.9 Å². The molecule has 0 aliphatic carbocycles. The zero-order valence-corrected chi connectivity index (χ0v) is 16.8. The van der Waals surface area contributed by atoms with Crippen LogP contribution in [-0.4, -0.2) is 37.0 Å². The highest BCUT2D eigenvalue weighted by Gasteiger charge is 2.16. The second-order valence-electron chi connectivity index (χ2n) is 7.02. The van der Waals surface area contributed by atoms with E-state index in [4.69, 9.17) is 4.74 Å². The Labute approximate surface area is 174 Å². The third kappa shape index (κ3) is 6.66. The number of nitrogens with one attached hydrogen (secondary N) is 3. The minimum Gasteiger partial charge on any atom is -0.376 e. The van der Waals surface area contributed by atoms with Crippen molar-refractivity contribution in [2.45, 2.75) is 32.4 Å². The Morgan fingerprint density at radius 3 is 2.50 bits per heavy atom. The zero-order valence-electron chi connectivity index (χ0n) is 16.8. The molecule has 2 aromatic rings. The van der Waals surface area contributed by atoms with Gasteiger partial charge in [-0.1, -0.05) is 12.1 Å². The van der Waals surface area contributed by atoms with Gasteiger partial charge in [0.1, 0.15) is 5.82 Å². The number of anilines is 1. The Morgan fingerprint density at radius 2 is 1.87 bits per heavy atom. The largest absolute Gasteiger partial charge is 0.376 e. The van der Waals surface area contributed by atoms with Gasteiger partial charge in [-0.2, -0.15) is 0 Å². The van der Waals surface area contributed by atoms with Gasteiger partial charge in [0.15, 0.2) is 0 Å². The van der Waals surface area contributed by atoms with E-state index in [2.05, 4.69) is 20.9 Å². The van der Waals surface area contributed by atoms with Crippen molar-refractivity contribution in [3.05, 3.63) is 65.5 Å². The predicted molar refractivity (Wildman–Crippen MR) is 113 cm³/mol. The van der Waals surface area contributed by atoms with Crippen LogP contribution in [0.25, 0.3) is 0 Å². The van der Waals surface area contributed by atoms with Gasteiger partial charge in [-0.15, -0.1) is 0 Å². The van der Waals surface area contributed by atoms with Crippen molar-refractivity contribution in [2.75, 3.05) is 18.5 Å². The topological polar surface area (TPSA) is 91.8 Å². The van der Waals surface area contributed by atoms with Gasteiger partial charge >= 0.3 is 0 Å². The third-order valence-corrected chi connectivity index (χ3v) is 4.57. The van der Waals surface area contributed by atoms with Crippen LogP contribution < -0.4 is 16.0 Å². The molecule has 8 heteroatoms. The first-order valence-electron chi connectivity index (χ1n) is 9.83. The summed E-state index contributed by atoms with van der Waals surface area (Å²) in [5.41, 5.74) is 1.94. The lowest BCUT2D eigenvalue weighted by molar-refractivity contribution is -0.119. The quantitative estimate of drug-likeness (QED) is 0.503. The Balaban J connectivity index is 1.67. The Morgan fingerprint density at radius 1 is 1.13 bits per heavy atom. The summed E-state index contributed by atoms with van der Waals surface area (Å²) in [5.74, 6) is -0.524. The molecular formula is C22H25FN4O3. The van der Waals surface area contributed by atoms with Gasteiger partial charge in [0.25, 0.3) is 5.91 Å². The summed E-state index contributed by atoms with van der Waals surface area (Å²) >= 11 is 0.